The Morgan fingerprint density at radius 1 is 1.33 bits per heavy atom. The summed E-state index contributed by atoms with van der Waals surface area (Å²) in [6, 6.07) is 1.65. The van der Waals surface area contributed by atoms with E-state index in [0.717, 1.165) is 4.90 Å². The number of nitriles is 1. The Morgan fingerprint density at radius 2 is 2.07 bits per heavy atom. The number of anilines is 1. The van der Waals surface area contributed by atoms with E-state index in [-0.39, 0.29) is 36.4 Å². The predicted octanol–water partition coefficient (Wildman–Crippen LogP) is 0.581. The Balaban J connectivity index is 1.59. The minimum Gasteiger partial charge on any atom is -0.469 e. The van der Waals surface area contributed by atoms with Crippen LogP contribution in [0.2, 0.25) is 0 Å². The molecule has 0 aromatic carbocycles. The maximum atomic E-state index is 13.2. The van der Waals surface area contributed by atoms with Gasteiger partial charge in [-0.05, 0) is 18.6 Å². The lowest BCUT2D eigenvalue weighted by molar-refractivity contribution is -0.144. The van der Waals surface area contributed by atoms with Crippen LogP contribution in [0, 0.1) is 24.2 Å². The summed E-state index contributed by atoms with van der Waals surface area (Å²) in [6.07, 6.45) is 1.31. The molecule has 10 nitrogen and oxygen atoms in total. The Morgan fingerprint density at radius 3 is 2.70 bits per heavy atom. The molecular formula is C20H21N5O5. The number of aromatic nitrogens is 1. The van der Waals surface area contributed by atoms with E-state index in [2.05, 4.69) is 9.72 Å². The van der Waals surface area contributed by atoms with Crippen LogP contribution in [0.25, 0.3) is 0 Å². The molecule has 2 bridgehead atoms. The standard InChI is InChI=1S/C20H21N5O5/c1-10-6-12(8-22-13(10)7-21)24-19(28)18-17-11(2)14(25(18)20(24)29)9-23(17)15(26)4-5-16(27)30-3/h6,8,11,14,17-18H,4-5,9H2,1-3H3/t11-,14?,17?,18?/m0/s1. The second-order valence-electron chi connectivity index (χ2n) is 7.82. The van der Waals surface area contributed by atoms with Gasteiger partial charge in [-0.3, -0.25) is 14.4 Å². The van der Waals surface area contributed by atoms with Gasteiger partial charge in [0.05, 0.1) is 37.5 Å². The maximum absolute atomic E-state index is 13.2. The van der Waals surface area contributed by atoms with Crippen molar-refractivity contribution >= 4 is 29.5 Å². The molecule has 3 aliphatic rings. The van der Waals surface area contributed by atoms with Crippen molar-refractivity contribution in [1.82, 2.24) is 14.8 Å². The van der Waals surface area contributed by atoms with E-state index in [1.165, 1.54) is 13.3 Å². The summed E-state index contributed by atoms with van der Waals surface area (Å²) in [6.45, 7) is 3.95. The second-order valence-corrected chi connectivity index (χ2v) is 7.82. The third-order valence-electron chi connectivity index (χ3n) is 6.27. The van der Waals surface area contributed by atoms with Crippen LogP contribution in [-0.4, -0.2) is 70.4 Å². The first-order valence-corrected chi connectivity index (χ1v) is 9.69. The molecule has 0 aliphatic carbocycles. The number of pyridine rings is 1. The topological polar surface area (TPSA) is 124 Å². The van der Waals surface area contributed by atoms with E-state index in [0.29, 0.717) is 17.8 Å². The average molecular weight is 411 g/mol. The molecule has 4 rings (SSSR count). The highest BCUT2D eigenvalue weighted by atomic mass is 16.5. The second kappa shape index (κ2) is 7.09. The molecule has 3 aliphatic heterocycles. The zero-order valence-corrected chi connectivity index (χ0v) is 16.9. The quantitative estimate of drug-likeness (QED) is 0.524. The summed E-state index contributed by atoms with van der Waals surface area (Å²) >= 11 is 0. The van der Waals surface area contributed by atoms with Crippen molar-refractivity contribution in [2.24, 2.45) is 5.92 Å². The number of carbonyl (C=O) groups is 4. The molecule has 3 fully saturated rings. The fraction of sp³-hybridized carbons (Fsp3) is 0.500. The van der Waals surface area contributed by atoms with Crippen LogP contribution in [-0.2, 0) is 19.1 Å². The highest BCUT2D eigenvalue weighted by Gasteiger charge is 2.66. The van der Waals surface area contributed by atoms with Crippen LogP contribution >= 0.6 is 0 Å². The Hall–Kier alpha value is -3.48. The van der Waals surface area contributed by atoms with Crippen LogP contribution < -0.4 is 4.90 Å². The summed E-state index contributed by atoms with van der Waals surface area (Å²) in [5.74, 6) is -1.15. The van der Waals surface area contributed by atoms with E-state index in [1.807, 2.05) is 13.0 Å². The molecule has 1 aromatic heterocycles. The molecule has 0 N–H and O–H groups in total. The average Bonchev–Trinajstić information content (AvgIpc) is 3.31. The molecular weight excluding hydrogens is 390 g/mol. The zero-order chi connectivity index (χ0) is 21.7. The number of methoxy groups -OCH3 is 1. The molecule has 4 amide bonds. The highest BCUT2D eigenvalue weighted by Crippen LogP contribution is 2.45. The molecule has 3 unspecified atom stereocenters. The van der Waals surface area contributed by atoms with E-state index < -0.39 is 30.0 Å². The lowest BCUT2D eigenvalue weighted by Crippen LogP contribution is -2.55. The number of amides is 4. The van der Waals surface area contributed by atoms with E-state index >= 15 is 0 Å². The van der Waals surface area contributed by atoms with Gasteiger partial charge in [0.15, 0.2) is 0 Å². The van der Waals surface area contributed by atoms with Crippen LogP contribution in [0.1, 0.15) is 31.0 Å². The number of urea groups is 1. The van der Waals surface area contributed by atoms with Crippen molar-refractivity contribution in [2.75, 3.05) is 18.6 Å². The zero-order valence-electron chi connectivity index (χ0n) is 16.9. The summed E-state index contributed by atoms with van der Waals surface area (Å²) < 4.78 is 4.59. The van der Waals surface area contributed by atoms with Gasteiger partial charge in [-0.15, -0.1) is 0 Å². The minimum absolute atomic E-state index is 0.0000783. The number of rotatable bonds is 4. The first-order chi connectivity index (χ1) is 14.3. The number of esters is 1. The summed E-state index contributed by atoms with van der Waals surface area (Å²) in [7, 11) is 1.27. The van der Waals surface area contributed by atoms with Crippen LogP contribution in [0.5, 0.6) is 0 Å². The third-order valence-corrected chi connectivity index (χ3v) is 6.27. The SMILES string of the molecule is COC(=O)CCC(=O)N1CC2[C@H](C)C1C1C(=O)N(c3cnc(C#N)c(C)c3)C(=O)N12. The molecule has 3 saturated heterocycles. The number of piperazine rings is 1. The monoisotopic (exact) mass is 411 g/mol. The summed E-state index contributed by atoms with van der Waals surface area (Å²) in [5.41, 5.74) is 1.11. The molecule has 1 aromatic rings. The maximum Gasteiger partial charge on any atom is 0.332 e. The van der Waals surface area contributed by atoms with Crippen molar-refractivity contribution in [2.45, 2.75) is 44.8 Å². The third kappa shape index (κ3) is 2.73. The molecule has 156 valence electrons. The molecule has 4 heterocycles. The lowest BCUT2D eigenvalue weighted by Gasteiger charge is -2.34. The number of hydrogen-bond donors (Lipinski definition) is 0. The van der Waals surface area contributed by atoms with Crippen molar-refractivity contribution in [3.05, 3.63) is 23.5 Å². The van der Waals surface area contributed by atoms with Crippen molar-refractivity contribution < 1.29 is 23.9 Å². The lowest BCUT2D eigenvalue weighted by atomic mass is 9.99. The van der Waals surface area contributed by atoms with Gasteiger partial charge in [0, 0.05) is 18.9 Å². The van der Waals surface area contributed by atoms with Crippen molar-refractivity contribution in [1.29, 1.82) is 5.26 Å². The Bertz CT molecular complexity index is 1000. The minimum atomic E-state index is -0.760. The molecule has 0 saturated carbocycles. The number of aryl methyl sites for hydroxylation is 1. The van der Waals surface area contributed by atoms with E-state index in [1.54, 1.807) is 22.8 Å². The van der Waals surface area contributed by atoms with Crippen molar-refractivity contribution in [3.8, 4) is 6.07 Å². The van der Waals surface area contributed by atoms with Gasteiger partial charge in [-0.1, -0.05) is 6.92 Å². The smallest absolute Gasteiger partial charge is 0.332 e. The number of carbonyl (C=O) groups excluding carboxylic acids is 4. The highest BCUT2D eigenvalue weighted by molar-refractivity contribution is 6.22. The first kappa shape index (κ1) is 19.8. The van der Waals surface area contributed by atoms with Crippen LogP contribution in [0.4, 0.5) is 10.5 Å². The summed E-state index contributed by atoms with van der Waals surface area (Å²) in [4.78, 5) is 58.7. The fourth-order valence-electron chi connectivity index (χ4n) is 4.80. The number of nitrogens with zero attached hydrogens (tertiary/aromatic N) is 5. The van der Waals surface area contributed by atoms with Crippen LogP contribution in [0.15, 0.2) is 12.3 Å². The van der Waals surface area contributed by atoms with Crippen molar-refractivity contribution in [3.63, 3.8) is 0 Å². The van der Waals surface area contributed by atoms with Gasteiger partial charge >= 0.3 is 12.0 Å². The number of fused-ring (bicyclic) bond motifs is 5. The molecule has 30 heavy (non-hydrogen) atoms. The number of imide groups is 1. The first-order valence-electron chi connectivity index (χ1n) is 9.69. The number of hydrogen-bond acceptors (Lipinski definition) is 7. The normalized spacial score (nSPS) is 26.8. The largest absolute Gasteiger partial charge is 0.469 e. The number of likely N-dealkylation sites (tertiary alicyclic amines) is 1. The van der Waals surface area contributed by atoms with Gasteiger partial charge in [0.25, 0.3) is 5.91 Å². The van der Waals surface area contributed by atoms with Gasteiger partial charge in [-0.2, -0.15) is 5.26 Å². The molecule has 10 heteroatoms. The van der Waals surface area contributed by atoms with Gasteiger partial charge < -0.3 is 14.5 Å². The molecule has 4 atom stereocenters. The van der Waals surface area contributed by atoms with Gasteiger partial charge in [0.1, 0.15) is 17.8 Å². The van der Waals surface area contributed by atoms with E-state index in [9.17, 15) is 19.2 Å². The van der Waals surface area contributed by atoms with Gasteiger partial charge in [-0.25, -0.2) is 14.7 Å². The van der Waals surface area contributed by atoms with Gasteiger partial charge in [0.2, 0.25) is 5.91 Å². The summed E-state index contributed by atoms with van der Waals surface area (Å²) in [5, 5.41) is 9.06. The Labute approximate surface area is 173 Å². The molecule has 0 radical (unpaired) electrons. The fourth-order valence-corrected chi connectivity index (χ4v) is 4.80. The van der Waals surface area contributed by atoms with E-state index in [4.69, 9.17) is 5.26 Å². The molecule has 0 spiro atoms. The van der Waals surface area contributed by atoms with Crippen LogP contribution in [0.3, 0.4) is 0 Å². The number of ether oxygens (including phenoxy) is 1. The predicted molar refractivity (Wildman–Crippen MR) is 102 cm³/mol. The Kier molecular flexibility index (Phi) is 4.68.